The topological polar surface area (TPSA) is 115 Å². The van der Waals surface area contributed by atoms with Gasteiger partial charge in [-0.15, -0.1) is 0 Å². The fourth-order valence-electron chi connectivity index (χ4n) is 1.70. The van der Waals surface area contributed by atoms with Gasteiger partial charge in [0.05, 0.1) is 4.92 Å². The lowest BCUT2D eigenvalue weighted by Crippen LogP contribution is -2.33. The van der Waals surface area contributed by atoms with Gasteiger partial charge in [-0.25, -0.2) is 13.1 Å². The Balaban J connectivity index is 2.95. The molecule has 9 heteroatoms. The molecule has 21 heavy (non-hydrogen) atoms. The number of sulfonamides is 1. The lowest BCUT2D eigenvalue weighted by molar-refractivity contribution is -0.387. The Morgan fingerprint density at radius 1 is 1.48 bits per heavy atom. The molecule has 1 rings (SSSR count). The van der Waals surface area contributed by atoms with Gasteiger partial charge in [-0.3, -0.25) is 10.1 Å². The Morgan fingerprint density at radius 3 is 2.71 bits per heavy atom. The summed E-state index contributed by atoms with van der Waals surface area (Å²) in [4.78, 5) is 9.86. The van der Waals surface area contributed by atoms with Gasteiger partial charge in [-0.05, 0) is 37.0 Å². The molecule has 3 N–H and O–H groups in total. The number of nitro groups is 1. The smallest absolute Gasteiger partial charge is 0.291 e. The van der Waals surface area contributed by atoms with Gasteiger partial charge < -0.3 is 5.73 Å². The van der Waals surface area contributed by atoms with Gasteiger partial charge in [0, 0.05) is 17.8 Å². The van der Waals surface area contributed by atoms with Crippen molar-refractivity contribution < 1.29 is 13.3 Å². The molecular formula is C12H19N3O4S2. The molecule has 0 aromatic heterocycles. The molecule has 0 heterocycles. The Morgan fingerprint density at radius 2 is 2.14 bits per heavy atom. The zero-order valence-electron chi connectivity index (χ0n) is 11.9. The monoisotopic (exact) mass is 333 g/mol. The number of hydrogen-bond donors (Lipinski definition) is 2. The van der Waals surface area contributed by atoms with Gasteiger partial charge in [0.25, 0.3) is 5.69 Å². The molecule has 0 spiro atoms. The Hall–Kier alpha value is -1.32. The fourth-order valence-corrected chi connectivity index (χ4v) is 3.94. The molecule has 0 amide bonds. The highest BCUT2D eigenvalue weighted by molar-refractivity contribution is 7.99. The Labute approximate surface area is 128 Å². The molecule has 118 valence electrons. The first kappa shape index (κ1) is 17.7. The first-order chi connectivity index (χ1) is 9.77. The number of nitrogens with one attached hydrogen (secondary N) is 1. The molecule has 0 aliphatic carbocycles. The molecule has 1 aromatic rings. The molecule has 0 aliphatic heterocycles. The number of nitro benzene ring substituents is 1. The normalized spacial score (nSPS) is 13.0. The highest BCUT2D eigenvalue weighted by atomic mass is 32.2. The van der Waals surface area contributed by atoms with Crippen LogP contribution in [0.15, 0.2) is 23.1 Å². The van der Waals surface area contributed by atoms with Crippen LogP contribution in [-0.4, -0.2) is 30.9 Å². The number of anilines is 1. The quantitative estimate of drug-likeness (QED) is 0.325. The van der Waals surface area contributed by atoms with Crippen molar-refractivity contribution in [1.29, 1.82) is 0 Å². The lowest BCUT2D eigenvalue weighted by Gasteiger charge is -2.14. The molecular weight excluding hydrogens is 314 g/mol. The summed E-state index contributed by atoms with van der Waals surface area (Å²) in [5.74, 6) is 1.78. The van der Waals surface area contributed by atoms with Crippen LogP contribution in [0.2, 0.25) is 0 Å². The summed E-state index contributed by atoms with van der Waals surface area (Å²) >= 11 is 1.71. The molecule has 1 unspecified atom stereocenters. The standard InChI is InChI=1S/C12H19N3O4S2/c1-3-20-7-6-9(2)14-21(18,19)12-5-4-10(13)8-11(12)15(16)17/h4-5,8-9,14H,3,6-7,13H2,1-2H3. The van der Waals surface area contributed by atoms with Gasteiger partial charge >= 0.3 is 0 Å². The highest BCUT2D eigenvalue weighted by Gasteiger charge is 2.27. The van der Waals surface area contributed by atoms with Crippen molar-refractivity contribution >= 4 is 33.2 Å². The number of nitrogens with two attached hydrogens (primary N) is 1. The maximum atomic E-state index is 12.2. The summed E-state index contributed by atoms with van der Waals surface area (Å²) in [6.45, 7) is 3.76. The van der Waals surface area contributed by atoms with Crippen LogP contribution in [0, 0.1) is 10.1 Å². The van der Waals surface area contributed by atoms with Crippen LogP contribution in [0.25, 0.3) is 0 Å². The van der Waals surface area contributed by atoms with Crippen LogP contribution in [0.4, 0.5) is 11.4 Å². The van der Waals surface area contributed by atoms with Crippen molar-refractivity contribution in [2.45, 2.75) is 31.2 Å². The van der Waals surface area contributed by atoms with Crippen molar-refractivity contribution in [3.63, 3.8) is 0 Å². The fraction of sp³-hybridized carbons (Fsp3) is 0.500. The zero-order chi connectivity index (χ0) is 16.0. The van der Waals surface area contributed by atoms with E-state index >= 15 is 0 Å². The second-order valence-corrected chi connectivity index (χ2v) is 7.57. The van der Waals surface area contributed by atoms with Crippen LogP contribution < -0.4 is 10.5 Å². The average Bonchev–Trinajstić information content (AvgIpc) is 2.37. The van der Waals surface area contributed by atoms with E-state index in [4.69, 9.17) is 5.73 Å². The summed E-state index contributed by atoms with van der Waals surface area (Å²) in [6, 6.07) is 3.24. The molecule has 0 aliphatic rings. The summed E-state index contributed by atoms with van der Waals surface area (Å²) in [5, 5.41) is 11.0. The average molecular weight is 333 g/mol. The molecule has 0 saturated carbocycles. The maximum absolute atomic E-state index is 12.2. The number of thioether (sulfide) groups is 1. The molecule has 0 radical (unpaired) electrons. The Kier molecular flexibility index (Phi) is 6.43. The molecule has 0 fully saturated rings. The molecule has 0 bridgehead atoms. The van der Waals surface area contributed by atoms with E-state index < -0.39 is 20.6 Å². The van der Waals surface area contributed by atoms with E-state index in [9.17, 15) is 18.5 Å². The predicted molar refractivity (Wildman–Crippen MR) is 84.9 cm³/mol. The summed E-state index contributed by atoms with van der Waals surface area (Å²) < 4.78 is 27.0. The van der Waals surface area contributed by atoms with Crippen molar-refractivity contribution in [2.24, 2.45) is 0 Å². The van der Waals surface area contributed by atoms with Crippen molar-refractivity contribution in [3.8, 4) is 0 Å². The minimum absolute atomic E-state index is 0.146. The predicted octanol–water partition coefficient (Wildman–Crippen LogP) is 1.99. The van der Waals surface area contributed by atoms with Crippen LogP contribution in [0.3, 0.4) is 0 Å². The number of hydrogen-bond acceptors (Lipinski definition) is 6. The third kappa shape index (κ3) is 5.18. The number of benzene rings is 1. The van der Waals surface area contributed by atoms with Crippen molar-refractivity contribution in [3.05, 3.63) is 28.3 Å². The van der Waals surface area contributed by atoms with E-state index in [0.717, 1.165) is 23.6 Å². The van der Waals surface area contributed by atoms with Gasteiger partial charge in [-0.1, -0.05) is 6.92 Å². The number of nitrogens with zero attached hydrogens (tertiary/aromatic N) is 1. The third-order valence-corrected chi connectivity index (χ3v) is 5.29. The number of nitrogen functional groups attached to an aromatic ring is 1. The van der Waals surface area contributed by atoms with Crippen LogP contribution >= 0.6 is 11.8 Å². The molecule has 0 saturated heterocycles. The van der Waals surface area contributed by atoms with E-state index in [1.165, 1.54) is 6.07 Å². The summed E-state index contributed by atoms with van der Waals surface area (Å²) in [6.07, 6.45) is 0.653. The molecule has 7 nitrogen and oxygen atoms in total. The lowest BCUT2D eigenvalue weighted by atomic mass is 10.3. The molecule has 1 atom stereocenters. The SMILES string of the molecule is CCSCCC(C)NS(=O)(=O)c1ccc(N)cc1[N+](=O)[O-]. The van der Waals surface area contributed by atoms with E-state index in [0.29, 0.717) is 6.42 Å². The first-order valence-electron chi connectivity index (χ1n) is 6.42. The van der Waals surface area contributed by atoms with Crippen LogP contribution in [-0.2, 0) is 10.0 Å². The zero-order valence-corrected chi connectivity index (χ0v) is 13.5. The van der Waals surface area contributed by atoms with Gasteiger partial charge in [0.1, 0.15) is 0 Å². The van der Waals surface area contributed by atoms with Crippen LogP contribution in [0.5, 0.6) is 0 Å². The van der Waals surface area contributed by atoms with Gasteiger partial charge in [-0.2, -0.15) is 11.8 Å². The first-order valence-corrected chi connectivity index (χ1v) is 9.05. The van der Waals surface area contributed by atoms with E-state index in [1.54, 1.807) is 18.7 Å². The second-order valence-electron chi connectivity index (χ2n) is 4.49. The minimum Gasteiger partial charge on any atom is -0.399 e. The summed E-state index contributed by atoms with van der Waals surface area (Å²) in [7, 11) is -3.95. The van der Waals surface area contributed by atoms with E-state index in [2.05, 4.69) is 4.72 Å². The number of rotatable bonds is 8. The van der Waals surface area contributed by atoms with Gasteiger partial charge in [0.2, 0.25) is 10.0 Å². The van der Waals surface area contributed by atoms with Gasteiger partial charge in [0.15, 0.2) is 4.90 Å². The maximum Gasteiger partial charge on any atom is 0.291 e. The second kappa shape index (κ2) is 7.62. The van der Waals surface area contributed by atoms with E-state index in [-0.39, 0.29) is 16.6 Å². The van der Waals surface area contributed by atoms with Crippen molar-refractivity contribution in [1.82, 2.24) is 4.72 Å². The highest BCUT2D eigenvalue weighted by Crippen LogP contribution is 2.26. The minimum atomic E-state index is -3.95. The van der Waals surface area contributed by atoms with Crippen molar-refractivity contribution in [2.75, 3.05) is 17.2 Å². The molecule has 1 aromatic carbocycles. The summed E-state index contributed by atoms with van der Waals surface area (Å²) in [5.41, 5.74) is 5.10. The van der Waals surface area contributed by atoms with Crippen LogP contribution in [0.1, 0.15) is 20.3 Å². The largest absolute Gasteiger partial charge is 0.399 e. The Bertz CT molecular complexity index is 605. The third-order valence-electron chi connectivity index (χ3n) is 2.72. The van der Waals surface area contributed by atoms with E-state index in [1.807, 2.05) is 6.92 Å².